The summed E-state index contributed by atoms with van der Waals surface area (Å²) in [5, 5.41) is 8.77. The molecule has 0 aromatic heterocycles. The summed E-state index contributed by atoms with van der Waals surface area (Å²) in [6, 6.07) is 6.88. The summed E-state index contributed by atoms with van der Waals surface area (Å²) >= 11 is 0. The van der Waals surface area contributed by atoms with Gasteiger partial charge in [-0.3, -0.25) is 9.79 Å². The molecule has 0 amide bonds. The molecule has 1 atom stereocenters. The van der Waals surface area contributed by atoms with Crippen LogP contribution in [0, 0.1) is 0 Å². The van der Waals surface area contributed by atoms with Crippen LogP contribution in [-0.4, -0.2) is 36.5 Å². The van der Waals surface area contributed by atoms with Crippen molar-refractivity contribution in [3.05, 3.63) is 29.8 Å². The monoisotopic (exact) mass is 233 g/mol. The summed E-state index contributed by atoms with van der Waals surface area (Å²) < 4.78 is 0. The number of anilines is 1. The van der Waals surface area contributed by atoms with E-state index < -0.39 is 12.0 Å². The van der Waals surface area contributed by atoms with Crippen LogP contribution in [0.3, 0.4) is 0 Å². The lowest BCUT2D eigenvalue weighted by Crippen LogP contribution is -2.32. The Labute approximate surface area is 99.6 Å². The summed E-state index contributed by atoms with van der Waals surface area (Å²) in [4.78, 5) is 16.9. The Bertz CT molecular complexity index is 445. The summed E-state index contributed by atoms with van der Waals surface area (Å²) in [7, 11) is 0. The Balaban J connectivity index is 2.11. The molecule has 5 nitrogen and oxygen atoms in total. The van der Waals surface area contributed by atoms with Crippen LogP contribution in [-0.2, 0) is 11.2 Å². The molecule has 5 heteroatoms. The number of nitrogens with zero attached hydrogens (tertiary/aromatic N) is 2. The maximum Gasteiger partial charge on any atom is 0.320 e. The number of carbonyl (C=O) groups is 1. The first kappa shape index (κ1) is 11.6. The minimum Gasteiger partial charge on any atom is -0.480 e. The number of carboxylic acids is 1. The average Bonchev–Trinajstić information content (AvgIpc) is 2.82. The maximum absolute atomic E-state index is 10.7. The zero-order valence-electron chi connectivity index (χ0n) is 9.41. The molecule has 0 spiro atoms. The summed E-state index contributed by atoms with van der Waals surface area (Å²) in [5.41, 5.74) is 7.47. The van der Waals surface area contributed by atoms with Gasteiger partial charge in [0.25, 0.3) is 0 Å². The zero-order chi connectivity index (χ0) is 12.3. The van der Waals surface area contributed by atoms with E-state index in [-0.39, 0.29) is 0 Å². The highest BCUT2D eigenvalue weighted by atomic mass is 16.4. The van der Waals surface area contributed by atoms with E-state index in [0.29, 0.717) is 6.42 Å². The third kappa shape index (κ3) is 2.82. The van der Waals surface area contributed by atoms with Crippen molar-refractivity contribution in [1.29, 1.82) is 0 Å². The van der Waals surface area contributed by atoms with Crippen molar-refractivity contribution >= 4 is 18.0 Å². The van der Waals surface area contributed by atoms with Crippen LogP contribution < -0.4 is 10.6 Å². The first-order valence-electron chi connectivity index (χ1n) is 5.51. The Hall–Kier alpha value is -1.88. The van der Waals surface area contributed by atoms with Crippen LogP contribution in [0.4, 0.5) is 5.69 Å². The molecule has 17 heavy (non-hydrogen) atoms. The van der Waals surface area contributed by atoms with Gasteiger partial charge < -0.3 is 15.7 Å². The van der Waals surface area contributed by atoms with Crippen LogP contribution in [0.15, 0.2) is 29.3 Å². The van der Waals surface area contributed by atoms with Crippen LogP contribution in [0.2, 0.25) is 0 Å². The van der Waals surface area contributed by atoms with Crippen molar-refractivity contribution in [2.24, 2.45) is 10.7 Å². The Morgan fingerprint density at radius 1 is 1.59 bits per heavy atom. The van der Waals surface area contributed by atoms with Crippen molar-refractivity contribution in [2.75, 3.05) is 18.0 Å². The first-order chi connectivity index (χ1) is 8.16. The number of rotatable bonds is 4. The topological polar surface area (TPSA) is 78.9 Å². The second-order valence-electron chi connectivity index (χ2n) is 4.03. The van der Waals surface area contributed by atoms with E-state index >= 15 is 0 Å². The van der Waals surface area contributed by atoms with Gasteiger partial charge >= 0.3 is 5.97 Å². The molecule has 1 aliphatic rings. The number of benzene rings is 1. The van der Waals surface area contributed by atoms with E-state index in [9.17, 15) is 4.79 Å². The largest absolute Gasteiger partial charge is 0.480 e. The second kappa shape index (κ2) is 4.97. The minimum absolute atomic E-state index is 0.341. The number of nitrogens with two attached hydrogens (primary N) is 1. The number of aliphatic imine (C=N–C) groups is 1. The van der Waals surface area contributed by atoms with Crippen LogP contribution in [0.5, 0.6) is 0 Å². The minimum atomic E-state index is -0.974. The molecule has 3 N–H and O–H groups in total. The standard InChI is InChI=1S/C12H15N3O2/c13-11(12(16)17)7-9-2-1-3-10(6-9)15-5-4-14-8-15/h1-3,6,8,11H,4-5,7,13H2,(H,16,17). The average molecular weight is 233 g/mol. The first-order valence-corrected chi connectivity index (χ1v) is 5.51. The van der Waals surface area contributed by atoms with Crippen molar-refractivity contribution < 1.29 is 9.90 Å². The fourth-order valence-corrected chi connectivity index (χ4v) is 1.78. The third-order valence-corrected chi connectivity index (χ3v) is 2.71. The third-order valence-electron chi connectivity index (χ3n) is 2.71. The maximum atomic E-state index is 10.7. The highest BCUT2D eigenvalue weighted by Gasteiger charge is 2.13. The molecule has 1 heterocycles. The van der Waals surface area contributed by atoms with Crippen molar-refractivity contribution in [3.63, 3.8) is 0 Å². The molecule has 0 bridgehead atoms. The molecule has 1 aromatic carbocycles. The summed E-state index contributed by atoms with van der Waals surface area (Å²) in [6.07, 6.45) is 2.14. The molecule has 1 aliphatic heterocycles. The molecule has 0 fully saturated rings. The Kier molecular flexibility index (Phi) is 3.39. The van der Waals surface area contributed by atoms with E-state index in [1.807, 2.05) is 29.2 Å². The molecule has 0 aliphatic carbocycles. The number of hydrogen-bond acceptors (Lipinski definition) is 4. The summed E-state index contributed by atoms with van der Waals surface area (Å²) in [5.74, 6) is -0.974. The van der Waals surface area contributed by atoms with Gasteiger partial charge in [0, 0.05) is 12.2 Å². The molecular weight excluding hydrogens is 218 g/mol. The van der Waals surface area contributed by atoms with Gasteiger partial charge in [0.15, 0.2) is 0 Å². The van der Waals surface area contributed by atoms with Gasteiger partial charge in [-0.1, -0.05) is 12.1 Å². The molecule has 1 aromatic rings. The quantitative estimate of drug-likeness (QED) is 0.793. The second-order valence-corrected chi connectivity index (χ2v) is 4.03. The van der Waals surface area contributed by atoms with Gasteiger partial charge in [0.05, 0.1) is 12.9 Å². The van der Waals surface area contributed by atoms with Gasteiger partial charge in [0.2, 0.25) is 0 Å². The molecule has 0 saturated heterocycles. The Morgan fingerprint density at radius 2 is 2.41 bits per heavy atom. The molecule has 1 unspecified atom stereocenters. The smallest absolute Gasteiger partial charge is 0.320 e. The van der Waals surface area contributed by atoms with Crippen LogP contribution in [0.25, 0.3) is 0 Å². The number of aliphatic carboxylic acids is 1. The van der Waals surface area contributed by atoms with Gasteiger partial charge in [-0.15, -0.1) is 0 Å². The van der Waals surface area contributed by atoms with Gasteiger partial charge in [0.1, 0.15) is 6.04 Å². The molecular formula is C12H15N3O2. The lowest BCUT2D eigenvalue weighted by molar-refractivity contribution is -0.138. The predicted molar refractivity (Wildman–Crippen MR) is 66.5 cm³/mol. The molecule has 90 valence electrons. The van der Waals surface area contributed by atoms with E-state index in [1.54, 1.807) is 6.34 Å². The predicted octanol–water partition coefficient (Wildman–Crippen LogP) is 0.489. The van der Waals surface area contributed by atoms with Gasteiger partial charge in [-0.25, -0.2) is 0 Å². The van der Waals surface area contributed by atoms with E-state index in [0.717, 1.165) is 24.3 Å². The fourth-order valence-electron chi connectivity index (χ4n) is 1.78. The fraction of sp³-hybridized carbons (Fsp3) is 0.333. The van der Waals surface area contributed by atoms with E-state index in [4.69, 9.17) is 10.8 Å². The lowest BCUT2D eigenvalue weighted by Gasteiger charge is -2.15. The van der Waals surface area contributed by atoms with Gasteiger partial charge in [-0.2, -0.15) is 0 Å². The van der Waals surface area contributed by atoms with Crippen molar-refractivity contribution in [2.45, 2.75) is 12.5 Å². The van der Waals surface area contributed by atoms with Crippen LogP contribution >= 0.6 is 0 Å². The number of hydrogen-bond donors (Lipinski definition) is 2. The van der Waals surface area contributed by atoms with Crippen molar-refractivity contribution in [1.82, 2.24) is 0 Å². The highest BCUT2D eigenvalue weighted by molar-refractivity contribution is 5.81. The summed E-state index contributed by atoms with van der Waals surface area (Å²) in [6.45, 7) is 1.67. The SMILES string of the molecule is NC(Cc1cccc(N2C=NCC2)c1)C(=O)O. The van der Waals surface area contributed by atoms with Crippen LogP contribution in [0.1, 0.15) is 5.56 Å². The highest BCUT2D eigenvalue weighted by Crippen LogP contribution is 2.17. The van der Waals surface area contributed by atoms with E-state index in [1.165, 1.54) is 0 Å². The van der Waals surface area contributed by atoms with Crippen molar-refractivity contribution in [3.8, 4) is 0 Å². The van der Waals surface area contributed by atoms with E-state index in [2.05, 4.69) is 4.99 Å². The zero-order valence-corrected chi connectivity index (χ0v) is 9.41. The Morgan fingerprint density at radius 3 is 3.06 bits per heavy atom. The molecule has 2 rings (SSSR count). The molecule has 0 saturated carbocycles. The normalized spacial score (nSPS) is 16.2. The lowest BCUT2D eigenvalue weighted by atomic mass is 10.1. The number of carboxylic acid groups (broad SMARTS) is 1. The van der Waals surface area contributed by atoms with Gasteiger partial charge in [-0.05, 0) is 24.1 Å². The molecule has 0 radical (unpaired) electrons.